The van der Waals surface area contributed by atoms with Gasteiger partial charge >= 0.3 is 0 Å². The maximum Gasteiger partial charge on any atom is 0.0591 e. The summed E-state index contributed by atoms with van der Waals surface area (Å²) in [6, 6.07) is 0.540. The van der Waals surface area contributed by atoms with E-state index < -0.39 is 0 Å². The third kappa shape index (κ3) is 0.766. The van der Waals surface area contributed by atoms with Gasteiger partial charge in [-0.3, -0.25) is 0 Å². The second-order valence-corrected chi connectivity index (χ2v) is 3.98. The van der Waals surface area contributed by atoms with Crippen molar-refractivity contribution in [2.45, 2.75) is 24.8 Å². The molecule has 1 aliphatic carbocycles. The van der Waals surface area contributed by atoms with E-state index in [2.05, 4.69) is 18.8 Å². The summed E-state index contributed by atoms with van der Waals surface area (Å²) in [6.07, 6.45) is 1.10. The standard InChI is InChI=1S/C8H12ClN/c1-4-3-5(2)10-8-6(4)7(8)9/h4,6-8,10H,2-3H2,1H3/t4-,6-,7+,8-/m0/s1. The summed E-state index contributed by atoms with van der Waals surface area (Å²) in [4.78, 5) is 0. The zero-order chi connectivity index (χ0) is 7.30. The second kappa shape index (κ2) is 1.91. The Kier molecular flexibility index (Phi) is 1.25. The Bertz CT molecular complexity index is 168. The average molecular weight is 158 g/mol. The van der Waals surface area contributed by atoms with E-state index in [0.717, 1.165) is 18.0 Å². The first-order valence-electron chi connectivity index (χ1n) is 3.78. The number of allylic oxidation sites excluding steroid dienone is 1. The fourth-order valence-corrected chi connectivity index (χ4v) is 2.51. The Balaban J connectivity index is 2.09. The number of nitrogens with one attached hydrogen (secondary N) is 1. The molecular formula is C8H12ClN. The molecule has 0 radical (unpaired) electrons. The van der Waals surface area contributed by atoms with Crippen molar-refractivity contribution >= 4 is 11.6 Å². The summed E-state index contributed by atoms with van der Waals surface area (Å²) in [6.45, 7) is 6.16. The molecule has 0 spiro atoms. The van der Waals surface area contributed by atoms with Crippen LogP contribution < -0.4 is 5.32 Å². The molecule has 0 aromatic heterocycles. The van der Waals surface area contributed by atoms with Crippen LogP contribution in [0.1, 0.15) is 13.3 Å². The Morgan fingerprint density at radius 2 is 2.40 bits per heavy atom. The molecule has 1 saturated carbocycles. The molecule has 1 aliphatic heterocycles. The summed E-state index contributed by atoms with van der Waals surface area (Å²) in [5.41, 5.74) is 1.16. The summed E-state index contributed by atoms with van der Waals surface area (Å²) in [5.74, 6) is 1.45. The molecule has 4 atom stereocenters. The molecule has 1 heterocycles. The Labute approximate surface area is 66.4 Å². The number of hydrogen-bond acceptors (Lipinski definition) is 1. The van der Waals surface area contributed by atoms with Gasteiger partial charge in [-0.05, 0) is 12.3 Å². The zero-order valence-electron chi connectivity index (χ0n) is 6.10. The number of halogens is 1. The lowest BCUT2D eigenvalue weighted by Crippen LogP contribution is -2.25. The van der Waals surface area contributed by atoms with E-state index in [1.807, 2.05) is 0 Å². The van der Waals surface area contributed by atoms with Crippen LogP contribution in [0.15, 0.2) is 12.3 Å². The maximum atomic E-state index is 6.01. The van der Waals surface area contributed by atoms with E-state index >= 15 is 0 Å². The summed E-state index contributed by atoms with van der Waals surface area (Å²) >= 11 is 6.01. The molecule has 0 aromatic rings. The van der Waals surface area contributed by atoms with E-state index in [-0.39, 0.29) is 0 Å². The average Bonchev–Trinajstić information content (AvgIpc) is 2.42. The molecular weight excluding hydrogens is 146 g/mol. The monoisotopic (exact) mass is 157 g/mol. The van der Waals surface area contributed by atoms with Crippen molar-refractivity contribution in [3.8, 4) is 0 Å². The van der Waals surface area contributed by atoms with E-state index in [0.29, 0.717) is 17.3 Å². The largest absolute Gasteiger partial charge is 0.384 e. The van der Waals surface area contributed by atoms with Gasteiger partial charge in [0.15, 0.2) is 0 Å². The summed E-state index contributed by atoms with van der Waals surface area (Å²) in [7, 11) is 0. The first-order valence-corrected chi connectivity index (χ1v) is 4.22. The zero-order valence-corrected chi connectivity index (χ0v) is 6.86. The van der Waals surface area contributed by atoms with Crippen molar-refractivity contribution in [3.05, 3.63) is 12.3 Å². The third-order valence-electron chi connectivity index (χ3n) is 2.58. The first kappa shape index (κ1) is 6.53. The van der Waals surface area contributed by atoms with Crippen molar-refractivity contribution in [1.29, 1.82) is 0 Å². The highest BCUT2D eigenvalue weighted by molar-refractivity contribution is 6.23. The fourth-order valence-electron chi connectivity index (χ4n) is 1.96. The molecule has 1 nitrogen and oxygen atoms in total. The highest BCUT2D eigenvalue weighted by atomic mass is 35.5. The Morgan fingerprint density at radius 3 is 3.00 bits per heavy atom. The van der Waals surface area contributed by atoms with Crippen LogP contribution in [0, 0.1) is 11.8 Å². The van der Waals surface area contributed by atoms with Gasteiger partial charge in [0, 0.05) is 17.7 Å². The molecule has 2 rings (SSSR count). The minimum Gasteiger partial charge on any atom is -0.384 e. The number of piperidine rings is 1. The molecule has 2 heteroatoms. The van der Waals surface area contributed by atoms with Crippen LogP contribution in [0.25, 0.3) is 0 Å². The highest BCUT2D eigenvalue weighted by Gasteiger charge is 2.54. The third-order valence-corrected chi connectivity index (χ3v) is 3.14. The quantitative estimate of drug-likeness (QED) is 0.529. The van der Waals surface area contributed by atoms with Gasteiger partial charge in [0.05, 0.1) is 5.38 Å². The summed E-state index contributed by atoms with van der Waals surface area (Å²) in [5, 5.41) is 3.68. The van der Waals surface area contributed by atoms with Crippen molar-refractivity contribution in [2.24, 2.45) is 11.8 Å². The Hall–Kier alpha value is -0.170. The van der Waals surface area contributed by atoms with Crippen LogP contribution in [-0.2, 0) is 0 Å². The van der Waals surface area contributed by atoms with Gasteiger partial charge in [0.2, 0.25) is 0 Å². The van der Waals surface area contributed by atoms with E-state index in [4.69, 9.17) is 11.6 Å². The van der Waals surface area contributed by atoms with Gasteiger partial charge in [-0.2, -0.15) is 0 Å². The molecule has 10 heavy (non-hydrogen) atoms. The molecule has 1 saturated heterocycles. The SMILES string of the molecule is C=C1C[C@H](C)[C@H]2[C@@H](Cl)[C@H]2N1. The predicted octanol–water partition coefficient (Wildman–Crippen LogP) is 1.74. The van der Waals surface area contributed by atoms with Crippen LogP contribution in [0.4, 0.5) is 0 Å². The van der Waals surface area contributed by atoms with Crippen LogP contribution >= 0.6 is 11.6 Å². The number of alkyl halides is 1. The predicted molar refractivity (Wildman–Crippen MR) is 43.0 cm³/mol. The van der Waals surface area contributed by atoms with Gasteiger partial charge in [0.25, 0.3) is 0 Å². The van der Waals surface area contributed by atoms with Gasteiger partial charge in [0.1, 0.15) is 0 Å². The van der Waals surface area contributed by atoms with Crippen molar-refractivity contribution in [1.82, 2.24) is 5.32 Å². The second-order valence-electron chi connectivity index (χ2n) is 3.48. The van der Waals surface area contributed by atoms with E-state index in [1.54, 1.807) is 0 Å². The van der Waals surface area contributed by atoms with Gasteiger partial charge in [-0.15, -0.1) is 11.6 Å². The van der Waals surface area contributed by atoms with Gasteiger partial charge in [-0.25, -0.2) is 0 Å². The first-order chi connectivity index (χ1) is 4.70. The van der Waals surface area contributed by atoms with Crippen molar-refractivity contribution in [3.63, 3.8) is 0 Å². The smallest absolute Gasteiger partial charge is 0.0591 e. The van der Waals surface area contributed by atoms with Crippen molar-refractivity contribution < 1.29 is 0 Å². The number of hydrogen-bond donors (Lipinski definition) is 1. The Morgan fingerprint density at radius 1 is 1.70 bits per heavy atom. The molecule has 2 fully saturated rings. The van der Waals surface area contributed by atoms with Gasteiger partial charge in [-0.1, -0.05) is 13.5 Å². The molecule has 0 aromatic carbocycles. The number of rotatable bonds is 0. The number of fused-ring (bicyclic) bond motifs is 1. The van der Waals surface area contributed by atoms with Crippen LogP contribution in [-0.4, -0.2) is 11.4 Å². The van der Waals surface area contributed by atoms with E-state index in [1.165, 1.54) is 0 Å². The maximum absolute atomic E-state index is 6.01. The molecule has 0 amide bonds. The van der Waals surface area contributed by atoms with E-state index in [9.17, 15) is 0 Å². The topological polar surface area (TPSA) is 12.0 Å². The highest BCUT2D eigenvalue weighted by Crippen LogP contribution is 2.47. The minimum absolute atomic E-state index is 0.370. The lowest BCUT2D eigenvalue weighted by Gasteiger charge is -2.20. The summed E-state index contributed by atoms with van der Waals surface area (Å²) < 4.78 is 0. The molecule has 56 valence electrons. The lowest BCUT2D eigenvalue weighted by atomic mass is 9.97. The fraction of sp³-hybridized carbons (Fsp3) is 0.750. The van der Waals surface area contributed by atoms with Crippen LogP contribution in [0.2, 0.25) is 0 Å². The minimum atomic E-state index is 0.370. The van der Waals surface area contributed by atoms with Crippen LogP contribution in [0.3, 0.4) is 0 Å². The lowest BCUT2D eigenvalue weighted by molar-refractivity contribution is 0.428. The molecule has 2 aliphatic rings. The molecule has 1 N–H and O–H groups in total. The normalized spacial score (nSPS) is 51.6. The van der Waals surface area contributed by atoms with Crippen LogP contribution in [0.5, 0.6) is 0 Å². The molecule has 0 unspecified atom stereocenters. The van der Waals surface area contributed by atoms with Crippen molar-refractivity contribution in [2.75, 3.05) is 0 Å². The van der Waals surface area contributed by atoms with Gasteiger partial charge < -0.3 is 5.32 Å². The molecule has 0 bridgehead atoms.